The molecule has 0 fully saturated rings. The van der Waals surface area contributed by atoms with E-state index in [1.165, 1.54) is 12.1 Å². The molecule has 0 radical (unpaired) electrons. The zero-order valence-electron chi connectivity index (χ0n) is 12.9. The summed E-state index contributed by atoms with van der Waals surface area (Å²) in [7, 11) is 0. The molecule has 0 unspecified atom stereocenters. The van der Waals surface area contributed by atoms with Gasteiger partial charge in [-0.2, -0.15) is 0 Å². The number of aromatic carboxylic acids is 1. The highest BCUT2D eigenvalue weighted by atomic mass is 16.5. The van der Waals surface area contributed by atoms with Crippen LogP contribution in [0.1, 0.15) is 40.1 Å². The Balaban J connectivity index is 1.80. The van der Waals surface area contributed by atoms with Crippen molar-refractivity contribution in [2.24, 2.45) is 0 Å². The molecule has 2 N–H and O–H groups in total. The topological polar surface area (TPSA) is 75.6 Å². The fourth-order valence-corrected chi connectivity index (χ4v) is 2.56. The van der Waals surface area contributed by atoms with E-state index in [0.717, 1.165) is 11.3 Å². The molecule has 0 saturated heterocycles. The smallest absolute Gasteiger partial charge is 0.335 e. The lowest BCUT2D eigenvalue weighted by atomic mass is 9.86. The van der Waals surface area contributed by atoms with Crippen molar-refractivity contribution in [3.8, 4) is 5.75 Å². The van der Waals surface area contributed by atoms with Crippen LogP contribution in [0.25, 0.3) is 0 Å². The van der Waals surface area contributed by atoms with Gasteiger partial charge in [-0.3, -0.25) is 4.79 Å². The van der Waals surface area contributed by atoms with Gasteiger partial charge in [0.2, 0.25) is 0 Å². The number of amides is 1. The van der Waals surface area contributed by atoms with E-state index in [9.17, 15) is 9.59 Å². The van der Waals surface area contributed by atoms with Crippen molar-refractivity contribution in [3.63, 3.8) is 0 Å². The number of nitrogens with one attached hydrogen (secondary N) is 1. The summed E-state index contributed by atoms with van der Waals surface area (Å²) >= 11 is 0. The normalized spacial score (nSPS) is 14.7. The van der Waals surface area contributed by atoms with Gasteiger partial charge in [0.15, 0.2) is 0 Å². The Morgan fingerprint density at radius 1 is 1.09 bits per heavy atom. The Bertz CT molecular complexity index is 778. The van der Waals surface area contributed by atoms with Gasteiger partial charge in [-0.25, -0.2) is 4.79 Å². The number of anilines is 1. The number of fused-ring (bicyclic) bond motifs is 1. The van der Waals surface area contributed by atoms with Crippen LogP contribution in [0.2, 0.25) is 0 Å². The highest BCUT2D eigenvalue weighted by molar-refractivity contribution is 6.04. The summed E-state index contributed by atoms with van der Waals surface area (Å²) in [6.45, 7) is 4.75. The zero-order valence-corrected chi connectivity index (χ0v) is 12.9. The van der Waals surface area contributed by atoms with E-state index in [-0.39, 0.29) is 16.9 Å². The summed E-state index contributed by atoms with van der Waals surface area (Å²) in [6, 6.07) is 11.4. The molecule has 2 aromatic carbocycles. The summed E-state index contributed by atoms with van der Waals surface area (Å²) in [6.07, 6.45) is 0. The van der Waals surface area contributed by atoms with Crippen LogP contribution in [-0.4, -0.2) is 23.6 Å². The number of carbonyl (C=O) groups excluding carboxylic acids is 1. The number of carboxylic acids is 1. The van der Waals surface area contributed by atoms with E-state index < -0.39 is 5.97 Å². The lowest BCUT2D eigenvalue weighted by Crippen LogP contribution is -2.19. The molecule has 5 nitrogen and oxygen atoms in total. The van der Waals surface area contributed by atoms with Crippen molar-refractivity contribution in [1.29, 1.82) is 0 Å². The third-order valence-corrected chi connectivity index (χ3v) is 3.95. The van der Waals surface area contributed by atoms with Crippen LogP contribution in [0, 0.1) is 0 Å². The molecule has 23 heavy (non-hydrogen) atoms. The number of hydrogen-bond acceptors (Lipinski definition) is 3. The molecule has 5 heteroatoms. The van der Waals surface area contributed by atoms with E-state index in [4.69, 9.17) is 9.84 Å². The molecule has 3 rings (SSSR count). The van der Waals surface area contributed by atoms with E-state index in [1.54, 1.807) is 18.2 Å². The van der Waals surface area contributed by atoms with Gasteiger partial charge < -0.3 is 15.2 Å². The van der Waals surface area contributed by atoms with Crippen LogP contribution in [-0.2, 0) is 5.41 Å². The largest absolute Gasteiger partial charge is 0.492 e. The Morgan fingerprint density at radius 3 is 2.39 bits per heavy atom. The number of carboxylic acid groups (broad SMARTS) is 1. The summed E-state index contributed by atoms with van der Waals surface area (Å²) < 4.78 is 5.62. The minimum atomic E-state index is -0.997. The van der Waals surface area contributed by atoms with Crippen LogP contribution in [0.4, 0.5) is 5.69 Å². The van der Waals surface area contributed by atoms with E-state index >= 15 is 0 Å². The molecule has 0 saturated carbocycles. The van der Waals surface area contributed by atoms with Crippen LogP contribution >= 0.6 is 0 Å². The molecule has 1 aliphatic rings. The maximum Gasteiger partial charge on any atom is 0.335 e. The first-order valence-electron chi connectivity index (χ1n) is 7.29. The molecule has 0 aliphatic carbocycles. The first kappa shape index (κ1) is 15.1. The fraction of sp³-hybridized carbons (Fsp3) is 0.222. The molecule has 0 aromatic heterocycles. The molecule has 1 aliphatic heterocycles. The molecule has 0 atom stereocenters. The SMILES string of the molecule is CC1(C)COc2ccc(C(=O)Nc3ccc(C(=O)O)cc3)cc21. The maximum atomic E-state index is 12.4. The quantitative estimate of drug-likeness (QED) is 0.912. The maximum absolute atomic E-state index is 12.4. The first-order valence-corrected chi connectivity index (χ1v) is 7.29. The average Bonchev–Trinajstić information content (AvgIpc) is 2.83. The highest BCUT2D eigenvalue weighted by Gasteiger charge is 2.32. The van der Waals surface area contributed by atoms with Gasteiger partial charge in [0, 0.05) is 22.2 Å². The van der Waals surface area contributed by atoms with Gasteiger partial charge in [-0.05, 0) is 42.5 Å². The predicted molar refractivity (Wildman–Crippen MR) is 86.3 cm³/mol. The van der Waals surface area contributed by atoms with Gasteiger partial charge in [-0.15, -0.1) is 0 Å². The summed E-state index contributed by atoms with van der Waals surface area (Å²) in [4.78, 5) is 23.2. The first-order chi connectivity index (χ1) is 10.9. The monoisotopic (exact) mass is 311 g/mol. The zero-order chi connectivity index (χ0) is 16.6. The van der Waals surface area contributed by atoms with Crippen LogP contribution in [0.15, 0.2) is 42.5 Å². The number of hydrogen-bond donors (Lipinski definition) is 2. The van der Waals surface area contributed by atoms with Gasteiger partial charge in [0.25, 0.3) is 5.91 Å². The van der Waals surface area contributed by atoms with Crippen molar-refractivity contribution in [2.75, 3.05) is 11.9 Å². The van der Waals surface area contributed by atoms with Crippen molar-refractivity contribution < 1.29 is 19.4 Å². The van der Waals surface area contributed by atoms with Crippen molar-refractivity contribution >= 4 is 17.6 Å². The molecular formula is C18H17NO4. The van der Waals surface area contributed by atoms with Gasteiger partial charge in [-0.1, -0.05) is 13.8 Å². The fourth-order valence-electron chi connectivity index (χ4n) is 2.56. The number of ether oxygens (including phenoxy) is 1. The molecule has 1 amide bonds. The third kappa shape index (κ3) is 2.90. The molecule has 118 valence electrons. The standard InChI is InChI=1S/C18H17NO4/c1-18(2)10-23-15-8-5-12(9-14(15)18)16(20)19-13-6-3-11(4-7-13)17(21)22/h3-9H,10H2,1-2H3,(H,19,20)(H,21,22). The minimum Gasteiger partial charge on any atom is -0.492 e. The summed E-state index contributed by atoms with van der Waals surface area (Å²) in [5.41, 5.74) is 2.18. The Hall–Kier alpha value is -2.82. The number of rotatable bonds is 3. The number of carbonyl (C=O) groups is 2. The van der Waals surface area contributed by atoms with Crippen molar-refractivity contribution in [1.82, 2.24) is 0 Å². The third-order valence-electron chi connectivity index (χ3n) is 3.95. The minimum absolute atomic E-state index is 0.116. The molecule has 2 aromatic rings. The molecule has 0 spiro atoms. The van der Waals surface area contributed by atoms with Gasteiger partial charge in [0.05, 0.1) is 12.2 Å². The Morgan fingerprint density at radius 2 is 1.74 bits per heavy atom. The summed E-state index contributed by atoms with van der Waals surface area (Å²) in [5.74, 6) is -0.417. The molecular weight excluding hydrogens is 294 g/mol. The van der Waals surface area contributed by atoms with E-state index in [2.05, 4.69) is 19.2 Å². The van der Waals surface area contributed by atoms with Crippen LogP contribution in [0.3, 0.4) is 0 Å². The highest BCUT2D eigenvalue weighted by Crippen LogP contribution is 2.38. The van der Waals surface area contributed by atoms with Crippen molar-refractivity contribution in [2.45, 2.75) is 19.3 Å². The van der Waals surface area contributed by atoms with Crippen LogP contribution in [0.5, 0.6) is 5.75 Å². The Kier molecular flexibility index (Phi) is 3.56. The second-order valence-corrected chi connectivity index (χ2v) is 6.22. The number of benzene rings is 2. The lowest BCUT2D eigenvalue weighted by molar-refractivity contribution is 0.0696. The van der Waals surface area contributed by atoms with Gasteiger partial charge in [0.1, 0.15) is 5.75 Å². The van der Waals surface area contributed by atoms with Crippen LogP contribution < -0.4 is 10.1 Å². The second-order valence-electron chi connectivity index (χ2n) is 6.22. The second kappa shape index (κ2) is 5.43. The summed E-state index contributed by atoms with van der Waals surface area (Å²) in [5, 5.41) is 11.6. The van der Waals surface area contributed by atoms with E-state index in [0.29, 0.717) is 17.9 Å². The molecule has 0 bridgehead atoms. The Labute approximate surface area is 133 Å². The van der Waals surface area contributed by atoms with Crippen molar-refractivity contribution in [3.05, 3.63) is 59.2 Å². The average molecular weight is 311 g/mol. The van der Waals surface area contributed by atoms with Gasteiger partial charge >= 0.3 is 5.97 Å². The predicted octanol–water partition coefficient (Wildman–Crippen LogP) is 3.31. The molecule has 1 heterocycles. The van der Waals surface area contributed by atoms with E-state index in [1.807, 2.05) is 12.1 Å². The lowest BCUT2D eigenvalue weighted by Gasteiger charge is -2.15.